The minimum absolute atomic E-state index is 0.0321. The molecule has 5 nitrogen and oxygen atoms in total. The molecule has 0 aliphatic carbocycles. The summed E-state index contributed by atoms with van der Waals surface area (Å²) in [5.41, 5.74) is -0.0321. The van der Waals surface area contributed by atoms with Crippen LogP contribution in [0, 0.1) is 11.3 Å². The van der Waals surface area contributed by atoms with Crippen molar-refractivity contribution in [2.45, 2.75) is 32.3 Å². The Morgan fingerprint density at radius 2 is 2.29 bits per heavy atom. The summed E-state index contributed by atoms with van der Waals surface area (Å²) in [5.74, 6) is 0.859. The molecule has 0 N–H and O–H groups in total. The van der Waals surface area contributed by atoms with Crippen LogP contribution in [0.25, 0.3) is 0 Å². The van der Waals surface area contributed by atoms with Crippen LogP contribution >= 0.6 is 11.5 Å². The summed E-state index contributed by atoms with van der Waals surface area (Å²) in [6.07, 6.45) is -0.356. The predicted octanol–water partition coefficient (Wildman–Crippen LogP) is 1.56. The van der Waals surface area contributed by atoms with Crippen LogP contribution in [0.2, 0.25) is 0 Å². The van der Waals surface area contributed by atoms with Crippen LogP contribution in [0.3, 0.4) is 0 Å². The zero-order chi connectivity index (χ0) is 12.5. The van der Waals surface area contributed by atoms with Gasteiger partial charge >= 0.3 is 0 Å². The number of hydrogen-bond acceptors (Lipinski definition) is 6. The fraction of sp³-hybridized carbons (Fsp3) is 0.727. The molecular formula is C11H16N4OS. The maximum Gasteiger partial charge on any atom is 0.205 e. The van der Waals surface area contributed by atoms with Gasteiger partial charge in [0.05, 0.1) is 19.2 Å². The van der Waals surface area contributed by atoms with Crippen LogP contribution in [0.15, 0.2) is 0 Å². The predicted molar refractivity (Wildman–Crippen MR) is 66.2 cm³/mol. The number of morpholine rings is 1. The molecule has 17 heavy (non-hydrogen) atoms. The first-order chi connectivity index (χ1) is 8.00. The molecule has 2 heterocycles. The second kappa shape index (κ2) is 4.59. The highest BCUT2D eigenvalue weighted by atomic mass is 32.1. The van der Waals surface area contributed by atoms with Crippen LogP contribution < -0.4 is 4.90 Å². The van der Waals surface area contributed by atoms with Gasteiger partial charge in [-0.1, -0.05) is 20.8 Å². The molecule has 2 rings (SSSR count). The maximum atomic E-state index is 8.86. The minimum Gasteiger partial charge on any atom is -0.360 e. The number of hydrogen-bond donors (Lipinski definition) is 0. The van der Waals surface area contributed by atoms with Gasteiger partial charge < -0.3 is 9.64 Å². The van der Waals surface area contributed by atoms with Crippen molar-refractivity contribution >= 4 is 16.7 Å². The van der Waals surface area contributed by atoms with Crippen LogP contribution in [0.4, 0.5) is 5.13 Å². The Morgan fingerprint density at radius 3 is 2.88 bits per heavy atom. The molecule has 0 aromatic carbocycles. The van der Waals surface area contributed by atoms with Crippen LogP contribution in [0.5, 0.6) is 0 Å². The highest BCUT2D eigenvalue weighted by Gasteiger charge is 2.25. The van der Waals surface area contributed by atoms with Gasteiger partial charge in [-0.3, -0.25) is 0 Å². The van der Waals surface area contributed by atoms with Gasteiger partial charge in [-0.05, 0) is 0 Å². The summed E-state index contributed by atoms with van der Waals surface area (Å²) in [4.78, 5) is 6.62. The maximum absolute atomic E-state index is 8.86. The average Bonchev–Trinajstić information content (AvgIpc) is 2.78. The van der Waals surface area contributed by atoms with E-state index in [9.17, 15) is 0 Å². The first-order valence-corrected chi connectivity index (χ1v) is 6.38. The van der Waals surface area contributed by atoms with E-state index in [1.807, 2.05) is 0 Å². The summed E-state index contributed by atoms with van der Waals surface area (Å²) in [6, 6.07) is 2.13. The Hall–Kier alpha value is -1.19. The third-order valence-electron chi connectivity index (χ3n) is 2.57. The van der Waals surface area contributed by atoms with Gasteiger partial charge in [0, 0.05) is 23.5 Å². The van der Waals surface area contributed by atoms with Gasteiger partial charge in [-0.15, -0.1) is 0 Å². The van der Waals surface area contributed by atoms with Crippen molar-refractivity contribution in [3.63, 3.8) is 0 Å². The molecular weight excluding hydrogens is 236 g/mol. The van der Waals surface area contributed by atoms with E-state index >= 15 is 0 Å². The summed E-state index contributed by atoms with van der Waals surface area (Å²) in [6.45, 7) is 8.21. The van der Waals surface area contributed by atoms with Crippen molar-refractivity contribution in [3.8, 4) is 6.07 Å². The van der Waals surface area contributed by atoms with Gasteiger partial charge in [0.2, 0.25) is 5.13 Å². The smallest absolute Gasteiger partial charge is 0.205 e. The zero-order valence-electron chi connectivity index (χ0n) is 10.3. The van der Waals surface area contributed by atoms with Gasteiger partial charge in [-0.2, -0.15) is 9.64 Å². The third-order valence-corrected chi connectivity index (χ3v) is 3.34. The largest absolute Gasteiger partial charge is 0.360 e. The van der Waals surface area contributed by atoms with Crippen molar-refractivity contribution in [1.29, 1.82) is 5.26 Å². The van der Waals surface area contributed by atoms with Crippen LogP contribution in [0.1, 0.15) is 26.6 Å². The van der Waals surface area contributed by atoms with E-state index in [1.54, 1.807) is 0 Å². The number of rotatable bonds is 1. The number of anilines is 1. The quantitative estimate of drug-likeness (QED) is 0.759. The Kier molecular flexibility index (Phi) is 3.31. The van der Waals surface area contributed by atoms with Crippen molar-refractivity contribution < 1.29 is 4.74 Å². The van der Waals surface area contributed by atoms with Gasteiger partial charge in [-0.25, -0.2) is 4.98 Å². The highest BCUT2D eigenvalue weighted by Crippen LogP contribution is 2.26. The van der Waals surface area contributed by atoms with E-state index in [2.05, 4.69) is 41.1 Å². The Labute approximate surface area is 105 Å². The molecule has 1 atom stereocenters. The fourth-order valence-electron chi connectivity index (χ4n) is 1.55. The molecule has 6 heteroatoms. The molecule has 0 amide bonds. The summed E-state index contributed by atoms with van der Waals surface area (Å²) in [7, 11) is 0. The van der Waals surface area contributed by atoms with Crippen LogP contribution in [-0.2, 0) is 10.2 Å². The van der Waals surface area contributed by atoms with E-state index in [0.29, 0.717) is 13.2 Å². The van der Waals surface area contributed by atoms with E-state index in [1.165, 1.54) is 11.5 Å². The first-order valence-electron chi connectivity index (χ1n) is 5.61. The fourth-order valence-corrected chi connectivity index (χ4v) is 2.44. The summed E-state index contributed by atoms with van der Waals surface area (Å²) >= 11 is 1.40. The lowest BCUT2D eigenvalue weighted by Crippen LogP contribution is -2.41. The van der Waals surface area contributed by atoms with Crippen molar-refractivity contribution in [2.24, 2.45) is 0 Å². The van der Waals surface area contributed by atoms with Gasteiger partial charge in [0.25, 0.3) is 0 Å². The van der Waals surface area contributed by atoms with E-state index in [4.69, 9.17) is 10.00 Å². The average molecular weight is 252 g/mol. The van der Waals surface area contributed by atoms with E-state index < -0.39 is 0 Å². The molecule has 0 radical (unpaired) electrons. The molecule has 0 spiro atoms. The van der Waals surface area contributed by atoms with Crippen LogP contribution in [-0.4, -0.2) is 35.2 Å². The van der Waals surface area contributed by atoms with E-state index in [-0.39, 0.29) is 11.5 Å². The molecule has 92 valence electrons. The Bertz CT molecular complexity index is 431. The standard InChI is InChI=1S/C11H16N4OS/c1-11(2,3)9-13-10(17-14-9)15-4-5-16-8(6-12)7-15/h8H,4-5,7H2,1-3H3. The molecule has 0 bridgehead atoms. The second-order valence-electron chi connectivity index (χ2n) is 5.09. The monoisotopic (exact) mass is 252 g/mol. The van der Waals surface area contributed by atoms with Crippen molar-refractivity contribution in [2.75, 3.05) is 24.6 Å². The van der Waals surface area contributed by atoms with Gasteiger partial charge in [0.1, 0.15) is 5.82 Å². The third kappa shape index (κ3) is 2.73. The number of nitrogens with zero attached hydrogens (tertiary/aromatic N) is 4. The molecule has 1 aromatic rings. The molecule has 1 aromatic heterocycles. The molecule has 1 saturated heterocycles. The summed E-state index contributed by atoms with van der Waals surface area (Å²) < 4.78 is 9.69. The minimum atomic E-state index is -0.356. The number of aromatic nitrogens is 2. The molecule has 1 fully saturated rings. The molecule has 0 saturated carbocycles. The normalized spacial score (nSPS) is 21.3. The van der Waals surface area contributed by atoms with Crippen molar-refractivity contribution in [1.82, 2.24) is 9.36 Å². The molecule has 1 aliphatic rings. The topological polar surface area (TPSA) is 62.0 Å². The highest BCUT2D eigenvalue weighted by molar-refractivity contribution is 7.09. The van der Waals surface area contributed by atoms with E-state index in [0.717, 1.165) is 17.5 Å². The number of nitriles is 1. The van der Waals surface area contributed by atoms with Crippen molar-refractivity contribution in [3.05, 3.63) is 5.82 Å². The lowest BCUT2D eigenvalue weighted by Gasteiger charge is -2.28. The Balaban J connectivity index is 2.13. The number of ether oxygens (including phenoxy) is 1. The second-order valence-corrected chi connectivity index (χ2v) is 5.82. The molecule has 1 aliphatic heterocycles. The van der Waals surface area contributed by atoms with Gasteiger partial charge in [0.15, 0.2) is 6.10 Å². The zero-order valence-corrected chi connectivity index (χ0v) is 11.1. The summed E-state index contributed by atoms with van der Waals surface area (Å²) in [5, 5.41) is 9.74. The lowest BCUT2D eigenvalue weighted by molar-refractivity contribution is 0.0764. The first kappa shape index (κ1) is 12.3. The Morgan fingerprint density at radius 1 is 1.53 bits per heavy atom. The molecule has 1 unspecified atom stereocenters. The SMILES string of the molecule is CC(C)(C)c1nsc(N2CCOC(C#N)C2)n1. The lowest BCUT2D eigenvalue weighted by atomic mass is 9.96.